The van der Waals surface area contributed by atoms with E-state index in [1.54, 1.807) is 18.2 Å². The van der Waals surface area contributed by atoms with Crippen molar-refractivity contribution < 1.29 is 14.7 Å². The predicted octanol–water partition coefficient (Wildman–Crippen LogP) is 3.51. The number of aromatic hydroxyl groups is 1. The highest BCUT2D eigenvalue weighted by atomic mass is 16.3. The van der Waals surface area contributed by atoms with E-state index in [9.17, 15) is 24.3 Å². The Bertz CT molecular complexity index is 1910. The van der Waals surface area contributed by atoms with Gasteiger partial charge in [-0.2, -0.15) is 0 Å². The number of phenolic OH excluding ortho intramolecular Hbond substituents is 1. The molecule has 1 N–H and O–H groups in total. The third kappa shape index (κ3) is 3.40. The number of carbonyl (C=O) groups is 2. The lowest BCUT2D eigenvalue weighted by atomic mass is 9.47. The number of Topliss-reactive ketones (excluding diaryl/α,β-unsaturated/α-hetero) is 1. The van der Waals surface area contributed by atoms with Gasteiger partial charge >= 0.3 is 11.4 Å². The molecule has 1 saturated carbocycles. The highest BCUT2D eigenvalue weighted by Crippen LogP contribution is 2.61. The summed E-state index contributed by atoms with van der Waals surface area (Å²) < 4.78 is 3.91. The van der Waals surface area contributed by atoms with Crippen LogP contribution in [0.15, 0.2) is 112 Å². The van der Waals surface area contributed by atoms with E-state index in [1.807, 2.05) is 72.8 Å². The molecule has 0 spiro atoms. The third-order valence-corrected chi connectivity index (χ3v) is 9.03. The normalized spacial score (nSPS) is 25.0. The summed E-state index contributed by atoms with van der Waals surface area (Å²) in [4.78, 5) is 55.7. The van der Waals surface area contributed by atoms with Crippen LogP contribution in [0.3, 0.4) is 0 Å². The van der Waals surface area contributed by atoms with Gasteiger partial charge in [0.2, 0.25) is 0 Å². The molecule has 8 nitrogen and oxygen atoms in total. The zero-order chi connectivity index (χ0) is 28.5. The van der Waals surface area contributed by atoms with Gasteiger partial charge < -0.3 is 5.11 Å². The monoisotopic (exact) mass is 545 g/mol. The Morgan fingerprint density at radius 2 is 1.56 bits per heavy atom. The Labute approximate surface area is 235 Å². The fraction of sp³-hybridized carbons (Fsp3) is 0.212. The molecule has 0 amide bonds. The zero-order valence-electron chi connectivity index (χ0n) is 22.3. The van der Waals surface area contributed by atoms with Crippen molar-refractivity contribution in [1.82, 2.24) is 13.9 Å². The number of hydrogen-bond donors (Lipinski definition) is 1. The minimum atomic E-state index is -1.33. The van der Waals surface area contributed by atoms with E-state index in [2.05, 4.69) is 0 Å². The number of ketones is 2. The molecular weight excluding hydrogens is 518 g/mol. The molecular formula is C33H27N3O5. The molecule has 204 valence electrons. The molecule has 4 atom stereocenters. The summed E-state index contributed by atoms with van der Waals surface area (Å²) >= 11 is 0. The number of aromatic nitrogens is 3. The summed E-state index contributed by atoms with van der Waals surface area (Å²) in [6.45, 7) is 0.152. The predicted molar refractivity (Wildman–Crippen MR) is 153 cm³/mol. The van der Waals surface area contributed by atoms with Crippen molar-refractivity contribution in [2.24, 2.45) is 13.0 Å². The first-order chi connectivity index (χ1) is 19.8. The molecule has 4 aromatic rings. The summed E-state index contributed by atoms with van der Waals surface area (Å²) in [7, 11) is 1.44. The van der Waals surface area contributed by atoms with Crippen molar-refractivity contribution in [2.75, 3.05) is 0 Å². The van der Waals surface area contributed by atoms with Gasteiger partial charge in [-0.1, -0.05) is 78.9 Å². The maximum Gasteiger partial charge on any atom is 0.347 e. The number of allylic oxidation sites excluding steroid dienone is 4. The van der Waals surface area contributed by atoms with Crippen LogP contribution in [0.4, 0.5) is 0 Å². The smallest absolute Gasteiger partial charge is 0.347 e. The molecule has 0 bridgehead atoms. The molecule has 0 unspecified atom stereocenters. The van der Waals surface area contributed by atoms with Crippen LogP contribution >= 0.6 is 0 Å². The average molecular weight is 546 g/mol. The maximum atomic E-state index is 14.7. The molecule has 7 rings (SSSR count). The second-order valence-corrected chi connectivity index (χ2v) is 11.0. The summed E-state index contributed by atoms with van der Waals surface area (Å²) in [5, 5.41) is 10.6. The Morgan fingerprint density at radius 3 is 2.27 bits per heavy atom. The molecule has 2 heterocycles. The van der Waals surface area contributed by atoms with Crippen LogP contribution in [-0.2, 0) is 28.6 Å². The first-order valence-electron chi connectivity index (χ1n) is 13.6. The van der Waals surface area contributed by atoms with E-state index in [-0.39, 0.29) is 30.3 Å². The van der Waals surface area contributed by atoms with Gasteiger partial charge in [0, 0.05) is 24.5 Å². The fourth-order valence-corrected chi connectivity index (χ4v) is 7.32. The van der Waals surface area contributed by atoms with Crippen molar-refractivity contribution in [3.8, 4) is 5.75 Å². The Balaban J connectivity index is 1.56. The van der Waals surface area contributed by atoms with Gasteiger partial charge in [-0.3, -0.25) is 9.59 Å². The molecule has 0 radical (unpaired) electrons. The second kappa shape index (κ2) is 9.02. The molecule has 3 aliphatic rings. The highest BCUT2D eigenvalue weighted by Gasteiger charge is 2.63. The number of rotatable bonds is 3. The van der Waals surface area contributed by atoms with E-state index in [0.717, 1.165) is 10.1 Å². The standard InChI is InChI=1S/C33H27N3O5/c1-34-31(40)35-16-15-24-27(36(35)32(34)41)19-26-30(39)25(20-9-4-2-5-10-20)18-28(38)33(26,22-12-6-3-7-13-22)29(24)21-11-8-14-23(37)17-21/h2-15,17-18,26-27,29,37H,16,19H2,1H3/t26-,27+,29-,33-/m0/s1. The van der Waals surface area contributed by atoms with Crippen molar-refractivity contribution >= 4 is 17.1 Å². The van der Waals surface area contributed by atoms with Crippen molar-refractivity contribution in [3.05, 3.63) is 140 Å². The van der Waals surface area contributed by atoms with Gasteiger partial charge in [0.15, 0.2) is 11.6 Å². The Morgan fingerprint density at radius 1 is 0.854 bits per heavy atom. The van der Waals surface area contributed by atoms with Gasteiger partial charge in [-0.15, -0.1) is 0 Å². The van der Waals surface area contributed by atoms with E-state index < -0.39 is 34.7 Å². The maximum absolute atomic E-state index is 14.7. The number of carbonyl (C=O) groups excluding carboxylic acids is 2. The van der Waals surface area contributed by atoms with Crippen LogP contribution in [-0.4, -0.2) is 30.6 Å². The van der Waals surface area contributed by atoms with Crippen LogP contribution < -0.4 is 11.4 Å². The molecule has 1 aromatic heterocycles. The molecule has 0 saturated heterocycles. The summed E-state index contributed by atoms with van der Waals surface area (Å²) in [5.74, 6) is -1.89. The van der Waals surface area contributed by atoms with Crippen LogP contribution in [0.2, 0.25) is 0 Å². The number of phenols is 1. The number of benzene rings is 3. The van der Waals surface area contributed by atoms with Crippen LogP contribution in [0.25, 0.3) is 5.57 Å². The molecule has 3 aromatic carbocycles. The van der Waals surface area contributed by atoms with Gasteiger partial charge in [-0.05, 0) is 46.9 Å². The van der Waals surface area contributed by atoms with Gasteiger partial charge in [-0.25, -0.2) is 23.5 Å². The molecule has 2 aliphatic carbocycles. The zero-order valence-corrected chi connectivity index (χ0v) is 22.3. The lowest BCUT2D eigenvalue weighted by Gasteiger charge is -2.54. The summed E-state index contributed by atoms with van der Waals surface area (Å²) in [6.07, 6.45) is 3.55. The average Bonchev–Trinajstić information content (AvgIpc) is 3.22. The summed E-state index contributed by atoms with van der Waals surface area (Å²) in [5.41, 5.74) is 0.892. The number of hydrogen-bond acceptors (Lipinski definition) is 5. The minimum absolute atomic E-state index is 0.0321. The molecule has 1 fully saturated rings. The first kappa shape index (κ1) is 25.0. The van der Waals surface area contributed by atoms with Crippen molar-refractivity contribution in [3.63, 3.8) is 0 Å². The van der Waals surface area contributed by atoms with E-state index >= 15 is 0 Å². The Hall–Kier alpha value is -4.98. The van der Waals surface area contributed by atoms with E-state index in [1.165, 1.54) is 22.5 Å². The first-order valence-corrected chi connectivity index (χ1v) is 13.6. The SMILES string of the molecule is Cn1c(=O)n2n(c1=O)[C@@H]1C[C@H]3C(=O)C(c4ccccc4)=CC(=O)[C@@]3(c3ccccc3)[C@@H](c3cccc(O)c3)C1=CC2. The van der Waals surface area contributed by atoms with E-state index in [4.69, 9.17) is 0 Å². The molecule has 1 aliphatic heterocycles. The number of fused-ring (bicyclic) bond motifs is 4. The quantitative estimate of drug-likeness (QED) is 0.397. The third-order valence-electron chi connectivity index (χ3n) is 9.03. The lowest BCUT2D eigenvalue weighted by molar-refractivity contribution is -0.133. The highest BCUT2D eigenvalue weighted by molar-refractivity contribution is 6.31. The molecule has 8 heteroatoms. The van der Waals surface area contributed by atoms with Crippen molar-refractivity contribution in [2.45, 2.75) is 30.3 Å². The fourth-order valence-electron chi connectivity index (χ4n) is 7.32. The van der Waals surface area contributed by atoms with Gasteiger partial charge in [0.25, 0.3) is 0 Å². The summed E-state index contributed by atoms with van der Waals surface area (Å²) in [6, 6.07) is 24.6. The largest absolute Gasteiger partial charge is 0.508 e. The lowest BCUT2D eigenvalue weighted by Crippen LogP contribution is -2.58. The minimum Gasteiger partial charge on any atom is -0.508 e. The second-order valence-electron chi connectivity index (χ2n) is 11.0. The van der Waals surface area contributed by atoms with Crippen molar-refractivity contribution in [1.29, 1.82) is 0 Å². The Kier molecular flexibility index (Phi) is 5.51. The van der Waals surface area contributed by atoms with Crippen LogP contribution in [0.1, 0.15) is 35.1 Å². The van der Waals surface area contributed by atoms with Crippen LogP contribution in [0, 0.1) is 5.92 Å². The number of nitrogens with zero attached hydrogens (tertiary/aromatic N) is 3. The molecule has 41 heavy (non-hydrogen) atoms. The van der Waals surface area contributed by atoms with Gasteiger partial charge in [0.05, 0.1) is 18.0 Å². The van der Waals surface area contributed by atoms with Gasteiger partial charge in [0.1, 0.15) is 5.75 Å². The van der Waals surface area contributed by atoms with Crippen LogP contribution in [0.5, 0.6) is 5.75 Å². The van der Waals surface area contributed by atoms with E-state index in [0.29, 0.717) is 22.3 Å². The topological polar surface area (TPSA) is 103 Å².